The van der Waals surface area contributed by atoms with Crippen LogP contribution in [0.5, 0.6) is 0 Å². The summed E-state index contributed by atoms with van der Waals surface area (Å²) >= 11 is 1.67. The Morgan fingerprint density at radius 3 is 2.78 bits per heavy atom. The van der Waals surface area contributed by atoms with E-state index in [1.54, 1.807) is 18.3 Å². The van der Waals surface area contributed by atoms with Crippen LogP contribution in [0.25, 0.3) is 10.2 Å². The molecule has 1 aromatic carbocycles. The van der Waals surface area contributed by atoms with Gasteiger partial charge in [0, 0.05) is 0 Å². The minimum atomic E-state index is -0.375. The first-order valence-corrected chi connectivity index (χ1v) is 9.96. The van der Waals surface area contributed by atoms with E-state index in [4.69, 9.17) is 4.74 Å². The standard InChI is InChI=1S/C19H24N4O3S/c1-4-12-17(18(24)26-5-2)14(22-19(25)21-12)10-23(3)11-16-20-13-8-6-7-9-15(13)27-16/h6-9,12H,4-5,10-11H2,1-3H3,(H2,21,22,25)/p+1/t12-/m0/s1. The summed E-state index contributed by atoms with van der Waals surface area (Å²) in [6.45, 7) is 5.23. The SMILES string of the molecule is CCOC(=O)C1=C(C[NH+](C)Cc2nc3ccccc3s2)NC(=O)N[C@H]1CC. The summed E-state index contributed by atoms with van der Waals surface area (Å²) in [5.74, 6) is -0.375. The summed E-state index contributed by atoms with van der Waals surface area (Å²) in [4.78, 5) is 30.2. The second-order valence-electron chi connectivity index (χ2n) is 6.56. The van der Waals surface area contributed by atoms with Crippen molar-refractivity contribution in [3.05, 3.63) is 40.5 Å². The van der Waals surface area contributed by atoms with Gasteiger partial charge in [0.1, 0.15) is 18.1 Å². The first kappa shape index (κ1) is 19.3. The molecule has 3 N–H and O–H groups in total. The van der Waals surface area contributed by atoms with Crippen LogP contribution in [-0.2, 0) is 16.1 Å². The Bertz CT molecular complexity index is 844. The van der Waals surface area contributed by atoms with Crippen LogP contribution in [0.4, 0.5) is 4.79 Å². The number of urea groups is 1. The molecular formula is C19H25N4O3S+. The molecule has 3 rings (SSSR count). The third-order valence-corrected chi connectivity index (χ3v) is 5.45. The molecule has 0 aliphatic carbocycles. The molecule has 2 atom stereocenters. The molecule has 1 aliphatic heterocycles. The first-order valence-electron chi connectivity index (χ1n) is 9.15. The van der Waals surface area contributed by atoms with Gasteiger partial charge in [-0.1, -0.05) is 19.1 Å². The van der Waals surface area contributed by atoms with Gasteiger partial charge in [-0.05, 0) is 25.5 Å². The molecule has 8 heteroatoms. The van der Waals surface area contributed by atoms with Crippen LogP contribution in [0, 0.1) is 0 Å². The van der Waals surface area contributed by atoms with E-state index in [9.17, 15) is 9.59 Å². The van der Waals surface area contributed by atoms with Crippen molar-refractivity contribution in [2.24, 2.45) is 0 Å². The van der Waals surface area contributed by atoms with Gasteiger partial charge in [-0.2, -0.15) is 0 Å². The summed E-state index contributed by atoms with van der Waals surface area (Å²) in [5.41, 5.74) is 2.14. The number of esters is 1. The van der Waals surface area contributed by atoms with E-state index in [1.807, 2.05) is 32.2 Å². The van der Waals surface area contributed by atoms with Crippen LogP contribution in [-0.4, -0.2) is 43.2 Å². The molecule has 7 nitrogen and oxygen atoms in total. The van der Waals surface area contributed by atoms with E-state index in [0.717, 1.165) is 20.1 Å². The van der Waals surface area contributed by atoms with Crippen LogP contribution >= 0.6 is 11.3 Å². The van der Waals surface area contributed by atoms with Gasteiger partial charge in [-0.3, -0.25) is 0 Å². The Balaban J connectivity index is 1.80. The highest BCUT2D eigenvalue weighted by atomic mass is 32.1. The number of carbonyl (C=O) groups is 2. The fourth-order valence-corrected chi connectivity index (χ4v) is 4.30. The number of para-hydroxylation sites is 1. The van der Waals surface area contributed by atoms with Crippen molar-refractivity contribution in [2.75, 3.05) is 20.2 Å². The van der Waals surface area contributed by atoms with Gasteiger partial charge in [-0.15, -0.1) is 11.3 Å². The van der Waals surface area contributed by atoms with E-state index in [0.29, 0.717) is 37.4 Å². The summed E-state index contributed by atoms with van der Waals surface area (Å²) < 4.78 is 6.37. The average molecular weight is 390 g/mol. The maximum Gasteiger partial charge on any atom is 0.338 e. The number of likely N-dealkylation sites (N-methyl/N-ethyl adjacent to an activating group) is 1. The minimum Gasteiger partial charge on any atom is -0.463 e. The van der Waals surface area contributed by atoms with E-state index < -0.39 is 0 Å². The predicted molar refractivity (Wildman–Crippen MR) is 104 cm³/mol. The number of fused-ring (bicyclic) bond motifs is 1. The zero-order chi connectivity index (χ0) is 19.4. The molecule has 0 saturated heterocycles. The second-order valence-corrected chi connectivity index (χ2v) is 7.67. The van der Waals surface area contributed by atoms with Crippen LogP contribution in [0.1, 0.15) is 25.3 Å². The molecule has 27 heavy (non-hydrogen) atoms. The van der Waals surface area contributed by atoms with Gasteiger partial charge in [0.15, 0.2) is 0 Å². The van der Waals surface area contributed by atoms with Crippen LogP contribution in [0.15, 0.2) is 35.5 Å². The monoisotopic (exact) mass is 389 g/mol. The predicted octanol–water partition coefficient (Wildman–Crippen LogP) is 1.22. The number of thiazole rings is 1. The Kier molecular flexibility index (Phi) is 6.08. The number of rotatable bonds is 7. The minimum absolute atomic E-state index is 0.280. The molecule has 2 amide bonds. The lowest BCUT2D eigenvalue weighted by Gasteiger charge is -2.29. The Morgan fingerprint density at radius 2 is 2.07 bits per heavy atom. The normalized spacial score (nSPS) is 18.2. The Morgan fingerprint density at radius 1 is 1.30 bits per heavy atom. The lowest BCUT2D eigenvalue weighted by molar-refractivity contribution is -0.889. The smallest absolute Gasteiger partial charge is 0.338 e. The fraction of sp³-hybridized carbons (Fsp3) is 0.421. The van der Waals surface area contributed by atoms with Crippen LogP contribution < -0.4 is 15.5 Å². The molecular weight excluding hydrogens is 364 g/mol. The van der Waals surface area contributed by atoms with Crippen molar-refractivity contribution in [3.8, 4) is 0 Å². The van der Waals surface area contributed by atoms with Crippen LogP contribution in [0.2, 0.25) is 0 Å². The summed E-state index contributed by atoms with van der Waals surface area (Å²) in [7, 11) is 2.02. The van der Waals surface area contributed by atoms with Crippen molar-refractivity contribution in [3.63, 3.8) is 0 Å². The number of hydrogen-bond acceptors (Lipinski definition) is 5. The summed E-state index contributed by atoms with van der Waals surface area (Å²) in [6, 6.07) is 7.44. The molecule has 2 heterocycles. The van der Waals surface area contributed by atoms with E-state index in [-0.39, 0.29) is 18.0 Å². The van der Waals surface area contributed by atoms with Crippen molar-refractivity contribution in [2.45, 2.75) is 32.9 Å². The van der Waals surface area contributed by atoms with Crippen LogP contribution in [0.3, 0.4) is 0 Å². The van der Waals surface area contributed by atoms with Crippen molar-refractivity contribution in [1.82, 2.24) is 15.6 Å². The number of benzene rings is 1. The van der Waals surface area contributed by atoms with Gasteiger partial charge in [0.05, 0.1) is 41.2 Å². The number of amides is 2. The molecule has 0 spiro atoms. The molecule has 1 unspecified atom stereocenters. The Hall–Kier alpha value is -2.45. The number of nitrogens with zero attached hydrogens (tertiary/aromatic N) is 1. The third kappa shape index (κ3) is 4.45. The molecule has 1 aliphatic rings. The number of carbonyl (C=O) groups excluding carboxylic acids is 2. The van der Waals surface area contributed by atoms with Crippen molar-refractivity contribution < 1.29 is 19.2 Å². The molecule has 0 fully saturated rings. The zero-order valence-electron chi connectivity index (χ0n) is 15.8. The maximum atomic E-state index is 12.5. The van der Waals surface area contributed by atoms with Crippen molar-refractivity contribution in [1.29, 1.82) is 0 Å². The number of hydrogen-bond donors (Lipinski definition) is 3. The highest BCUT2D eigenvalue weighted by Gasteiger charge is 2.32. The fourth-order valence-electron chi connectivity index (χ4n) is 3.22. The van der Waals surface area contributed by atoms with Gasteiger partial charge in [0.2, 0.25) is 0 Å². The number of nitrogens with one attached hydrogen (secondary N) is 3. The highest BCUT2D eigenvalue weighted by Crippen LogP contribution is 2.21. The zero-order valence-corrected chi connectivity index (χ0v) is 16.6. The number of aromatic nitrogens is 1. The van der Waals surface area contributed by atoms with Gasteiger partial charge in [-0.25, -0.2) is 14.6 Å². The quantitative estimate of drug-likeness (QED) is 0.622. The number of quaternary nitrogens is 1. The molecule has 0 saturated carbocycles. The molecule has 0 radical (unpaired) electrons. The maximum absolute atomic E-state index is 12.5. The average Bonchev–Trinajstić information content (AvgIpc) is 3.03. The highest BCUT2D eigenvalue weighted by molar-refractivity contribution is 7.18. The lowest BCUT2D eigenvalue weighted by atomic mass is 10.00. The first-order chi connectivity index (χ1) is 13.0. The van der Waals surface area contributed by atoms with E-state index in [2.05, 4.69) is 21.7 Å². The third-order valence-electron chi connectivity index (χ3n) is 4.42. The summed E-state index contributed by atoms with van der Waals surface area (Å²) in [6.07, 6.45) is 0.627. The summed E-state index contributed by atoms with van der Waals surface area (Å²) in [5, 5.41) is 6.63. The lowest BCUT2D eigenvalue weighted by Crippen LogP contribution is -3.08. The van der Waals surface area contributed by atoms with Crippen molar-refractivity contribution >= 4 is 33.6 Å². The molecule has 2 aromatic rings. The molecule has 144 valence electrons. The van der Waals surface area contributed by atoms with Gasteiger partial charge in [0.25, 0.3) is 0 Å². The number of ether oxygens (including phenoxy) is 1. The van der Waals surface area contributed by atoms with Gasteiger partial charge < -0.3 is 20.3 Å². The second kappa shape index (κ2) is 8.49. The molecule has 0 bridgehead atoms. The van der Waals surface area contributed by atoms with E-state index in [1.165, 1.54) is 0 Å². The van der Waals surface area contributed by atoms with E-state index >= 15 is 0 Å². The Labute approximate surface area is 162 Å². The molecule has 1 aromatic heterocycles. The topological polar surface area (TPSA) is 84.8 Å². The largest absolute Gasteiger partial charge is 0.463 e. The van der Waals surface area contributed by atoms with Gasteiger partial charge >= 0.3 is 12.0 Å².